The maximum Gasteiger partial charge on any atom is 0.335 e. The first-order valence-electron chi connectivity index (χ1n) is 7.18. The molecule has 1 aliphatic heterocycles. The summed E-state index contributed by atoms with van der Waals surface area (Å²) in [7, 11) is 0. The highest BCUT2D eigenvalue weighted by atomic mass is 16.2. The molecule has 0 unspecified atom stereocenters. The van der Waals surface area contributed by atoms with Crippen molar-refractivity contribution in [1.82, 2.24) is 20.4 Å². The third kappa shape index (κ3) is 4.38. The van der Waals surface area contributed by atoms with Gasteiger partial charge in [-0.15, -0.1) is 6.58 Å². The van der Waals surface area contributed by atoms with E-state index in [9.17, 15) is 24.0 Å². The van der Waals surface area contributed by atoms with E-state index in [0.29, 0.717) is 16.3 Å². The Balaban J connectivity index is 2.62. The van der Waals surface area contributed by atoms with Gasteiger partial charge in [0.15, 0.2) is 0 Å². The van der Waals surface area contributed by atoms with Gasteiger partial charge >= 0.3 is 17.8 Å². The van der Waals surface area contributed by atoms with Crippen molar-refractivity contribution < 1.29 is 24.0 Å². The first-order chi connectivity index (χ1) is 10.8. The van der Waals surface area contributed by atoms with Gasteiger partial charge in [0.2, 0.25) is 11.8 Å². The zero-order chi connectivity index (χ0) is 17.6. The summed E-state index contributed by atoms with van der Waals surface area (Å²) >= 11 is 0. The van der Waals surface area contributed by atoms with E-state index in [-0.39, 0.29) is 12.5 Å². The molecule has 0 aliphatic carbocycles. The topological polar surface area (TPSA) is 116 Å². The Bertz CT molecular complexity index is 545. The Morgan fingerprint density at radius 2 is 1.83 bits per heavy atom. The van der Waals surface area contributed by atoms with Crippen molar-refractivity contribution in [3.05, 3.63) is 12.7 Å². The molecule has 1 atom stereocenters. The summed E-state index contributed by atoms with van der Waals surface area (Å²) < 4.78 is 0. The van der Waals surface area contributed by atoms with Gasteiger partial charge in [-0.2, -0.15) is 0 Å². The molecule has 6 amide bonds. The molecule has 126 valence electrons. The second-order valence-corrected chi connectivity index (χ2v) is 4.96. The van der Waals surface area contributed by atoms with Crippen LogP contribution in [0.25, 0.3) is 0 Å². The molecule has 1 aliphatic rings. The molecule has 0 radical (unpaired) electrons. The van der Waals surface area contributed by atoms with E-state index >= 15 is 0 Å². The SMILES string of the molecule is C=CCN1C(=O)C(=O)N(CC(=O)N[C@H](C)C(=O)NCCC)C1=O. The average Bonchev–Trinajstić information content (AvgIpc) is 2.70. The van der Waals surface area contributed by atoms with Crippen LogP contribution in [-0.4, -0.2) is 65.1 Å². The summed E-state index contributed by atoms with van der Waals surface area (Å²) in [6.07, 6.45) is 2.05. The number of rotatable bonds is 8. The van der Waals surface area contributed by atoms with Gasteiger partial charge in [0, 0.05) is 13.1 Å². The van der Waals surface area contributed by atoms with Crippen LogP contribution in [0, 0.1) is 0 Å². The molecule has 1 saturated heterocycles. The molecule has 9 nitrogen and oxygen atoms in total. The van der Waals surface area contributed by atoms with E-state index in [0.717, 1.165) is 6.42 Å². The Kier molecular flexibility index (Phi) is 6.43. The zero-order valence-electron chi connectivity index (χ0n) is 13.1. The fraction of sp³-hybridized carbons (Fsp3) is 0.500. The van der Waals surface area contributed by atoms with E-state index in [1.165, 1.54) is 13.0 Å². The average molecular weight is 324 g/mol. The fourth-order valence-electron chi connectivity index (χ4n) is 1.88. The molecule has 9 heteroatoms. The maximum atomic E-state index is 11.9. The van der Waals surface area contributed by atoms with Crippen LogP contribution in [0.2, 0.25) is 0 Å². The van der Waals surface area contributed by atoms with E-state index in [1.54, 1.807) is 0 Å². The van der Waals surface area contributed by atoms with Crippen LogP contribution in [0.1, 0.15) is 20.3 Å². The van der Waals surface area contributed by atoms with Crippen molar-refractivity contribution in [2.75, 3.05) is 19.6 Å². The molecule has 0 aromatic carbocycles. The molecule has 0 aromatic rings. The standard InChI is InChI=1S/C14H20N4O5/c1-4-6-15-11(20)9(3)16-10(19)8-18-13(22)12(21)17(7-5-2)14(18)23/h5,9H,2,4,6-8H2,1,3H3,(H,15,20)(H,16,19)/t9-/m1/s1. The number of carbonyl (C=O) groups excluding carboxylic acids is 5. The van der Waals surface area contributed by atoms with Gasteiger partial charge in [0.05, 0.1) is 0 Å². The molecule has 23 heavy (non-hydrogen) atoms. The number of urea groups is 1. The smallest absolute Gasteiger partial charge is 0.335 e. The third-order valence-corrected chi connectivity index (χ3v) is 3.07. The quantitative estimate of drug-likeness (QED) is 0.337. The molecule has 1 rings (SSSR count). The van der Waals surface area contributed by atoms with Crippen LogP contribution >= 0.6 is 0 Å². The number of nitrogens with one attached hydrogen (secondary N) is 2. The summed E-state index contributed by atoms with van der Waals surface area (Å²) in [5.74, 6) is -3.16. The third-order valence-electron chi connectivity index (χ3n) is 3.07. The second kappa shape index (κ2) is 8.06. The lowest BCUT2D eigenvalue weighted by molar-refractivity contribution is -0.144. The van der Waals surface area contributed by atoms with Gasteiger partial charge < -0.3 is 10.6 Å². The van der Waals surface area contributed by atoms with Crippen LogP contribution in [-0.2, 0) is 19.2 Å². The predicted molar refractivity (Wildman–Crippen MR) is 79.9 cm³/mol. The van der Waals surface area contributed by atoms with Crippen LogP contribution in [0.15, 0.2) is 12.7 Å². The van der Waals surface area contributed by atoms with Gasteiger partial charge in [-0.25, -0.2) is 9.69 Å². The predicted octanol–water partition coefficient (Wildman–Crippen LogP) is -1.01. The van der Waals surface area contributed by atoms with E-state index in [4.69, 9.17) is 0 Å². The first-order valence-corrected chi connectivity index (χ1v) is 7.18. The van der Waals surface area contributed by atoms with Crippen molar-refractivity contribution in [2.45, 2.75) is 26.3 Å². The zero-order valence-corrected chi connectivity index (χ0v) is 13.1. The molecule has 0 aromatic heterocycles. The number of carbonyl (C=O) groups is 5. The molecule has 0 spiro atoms. The lowest BCUT2D eigenvalue weighted by atomic mass is 10.3. The summed E-state index contributed by atoms with van der Waals surface area (Å²) in [6.45, 7) is 6.50. The van der Waals surface area contributed by atoms with E-state index in [2.05, 4.69) is 17.2 Å². The van der Waals surface area contributed by atoms with Crippen molar-refractivity contribution in [3.8, 4) is 0 Å². The summed E-state index contributed by atoms with van der Waals surface area (Å²) in [4.78, 5) is 60.0. The minimum atomic E-state index is -1.07. The van der Waals surface area contributed by atoms with Gasteiger partial charge in [0.25, 0.3) is 0 Å². The number of imide groups is 2. The molecular formula is C14H20N4O5. The van der Waals surface area contributed by atoms with E-state index in [1.807, 2.05) is 6.92 Å². The lowest BCUT2D eigenvalue weighted by Crippen LogP contribution is -2.49. The van der Waals surface area contributed by atoms with Gasteiger partial charge in [-0.05, 0) is 13.3 Å². The summed E-state index contributed by atoms with van der Waals surface area (Å²) in [5.41, 5.74) is 0. The van der Waals surface area contributed by atoms with Gasteiger partial charge in [0.1, 0.15) is 12.6 Å². The Labute approximate surface area is 133 Å². The number of amides is 6. The molecule has 0 bridgehead atoms. The maximum absolute atomic E-state index is 11.9. The number of nitrogens with zero attached hydrogens (tertiary/aromatic N) is 2. The van der Waals surface area contributed by atoms with Crippen LogP contribution < -0.4 is 10.6 Å². The fourth-order valence-corrected chi connectivity index (χ4v) is 1.88. The van der Waals surface area contributed by atoms with Crippen molar-refractivity contribution in [2.24, 2.45) is 0 Å². The summed E-state index contributed by atoms with van der Waals surface area (Å²) in [6, 6.07) is -1.69. The first kappa shape index (κ1) is 18.3. The molecule has 0 saturated carbocycles. The monoisotopic (exact) mass is 324 g/mol. The largest absolute Gasteiger partial charge is 0.354 e. The highest BCUT2D eigenvalue weighted by Gasteiger charge is 2.44. The van der Waals surface area contributed by atoms with Crippen molar-refractivity contribution in [3.63, 3.8) is 0 Å². The molecular weight excluding hydrogens is 304 g/mol. The van der Waals surface area contributed by atoms with Crippen LogP contribution in [0.3, 0.4) is 0 Å². The molecule has 2 N–H and O–H groups in total. The van der Waals surface area contributed by atoms with Gasteiger partial charge in [-0.1, -0.05) is 13.0 Å². The normalized spacial score (nSPS) is 15.7. The highest BCUT2D eigenvalue weighted by molar-refractivity contribution is 6.45. The van der Waals surface area contributed by atoms with Crippen molar-refractivity contribution in [1.29, 1.82) is 0 Å². The van der Waals surface area contributed by atoms with E-state index < -0.39 is 36.3 Å². The molecule has 1 heterocycles. The Morgan fingerprint density at radius 1 is 1.22 bits per heavy atom. The number of hydrogen-bond acceptors (Lipinski definition) is 5. The molecule has 1 fully saturated rings. The second-order valence-electron chi connectivity index (χ2n) is 4.96. The number of hydrogen-bond donors (Lipinski definition) is 2. The Morgan fingerprint density at radius 3 is 2.39 bits per heavy atom. The van der Waals surface area contributed by atoms with Crippen LogP contribution in [0.5, 0.6) is 0 Å². The van der Waals surface area contributed by atoms with Gasteiger partial charge in [-0.3, -0.25) is 24.1 Å². The van der Waals surface area contributed by atoms with Crippen LogP contribution in [0.4, 0.5) is 4.79 Å². The lowest BCUT2D eigenvalue weighted by Gasteiger charge is -2.17. The minimum absolute atomic E-state index is 0.114. The highest BCUT2D eigenvalue weighted by Crippen LogP contribution is 2.11. The minimum Gasteiger partial charge on any atom is -0.354 e. The summed E-state index contributed by atoms with van der Waals surface area (Å²) in [5, 5.41) is 4.98. The van der Waals surface area contributed by atoms with Crippen molar-refractivity contribution >= 4 is 29.7 Å². The Hall–Kier alpha value is -2.71.